The number of benzene rings is 1. The molecular formula is C21H23N3O5. The number of aryl methyl sites for hydroxylation is 1. The van der Waals surface area contributed by atoms with Gasteiger partial charge in [0.05, 0.1) is 32.8 Å². The predicted octanol–water partition coefficient (Wildman–Crippen LogP) is 2.42. The first kappa shape index (κ1) is 20.1. The second-order valence-corrected chi connectivity index (χ2v) is 6.46. The van der Waals surface area contributed by atoms with Crippen LogP contribution in [-0.2, 0) is 6.54 Å². The summed E-state index contributed by atoms with van der Waals surface area (Å²) in [6, 6.07) is 7.28. The molecule has 0 radical (unpaired) electrons. The maximum absolute atomic E-state index is 13.3. The Morgan fingerprint density at radius 1 is 1.21 bits per heavy atom. The summed E-state index contributed by atoms with van der Waals surface area (Å²) in [6.45, 7) is 4.18. The summed E-state index contributed by atoms with van der Waals surface area (Å²) in [5.74, 6) is 0.688. The Morgan fingerprint density at radius 2 is 1.90 bits per heavy atom. The van der Waals surface area contributed by atoms with E-state index < -0.39 is 5.92 Å². The topological polar surface area (TPSA) is 109 Å². The van der Waals surface area contributed by atoms with Crippen LogP contribution in [0.4, 0.5) is 0 Å². The van der Waals surface area contributed by atoms with Gasteiger partial charge in [0.15, 0.2) is 11.5 Å². The molecule has 0 saturated heterocycles. The zero-order valence-electron chi connectivity index (χ0n) is 17.0. The van der Waals surface area contributed by atoms with E-state index in [9.17, 15) is 10.1 Å². The summed E-state index contributed by atoms with van der Waals surface area (Å²) in [4.78, 5) is 13.3. The van der Waals surface area contributed by atoms with Crippen LogP contribution in [0.3, 0.4) is 0 Å². The molecule has 152 valence electrons. The van der Waals surface area contributed by atoms with Crippen LogP contribution < -0.4 is 30.2 Å². The minimum atomic E-state index is -0.774. The molecule has 0 bridgehead atoms. The first-order chi connectivity index (χ1) is 13.9. The summed E-state index contributed by atoms with van der Waals surface area (Å²) >= 11 is 0. The van der Waals surface area contributed by atoms with E-state index in [-0.39, 0.29) is 17.0 Å². The van der Waals surface area contributed by atoms with Crippen LogP contribution >= 0.6 is 0 Å². The third kappa shape index (κ3) is 3.05. The summed E-state index contributed by atoms with van der Waals surface area (Å²) in [5.41, 5.74) is 7.56. The maximum Gasteiger partial charge on any atom is 0.258 e. The number of hydrogen-bond donors (Lipinski definition) is 1. The second-order valence-electron chi connectivity index (χ2n) is 6.46. The van der Waals surface area contributed by atoms with Gasteiger partial charge in [0.2, 0.25) is 11.6 Å². The monoisotopic (exact) mass is 397 g/mol. The van der Waals surface area contributed by atoms with Crippen LogP contribution in [0.15, 0.2) is 34.4 Å². The Balaban J connectivity index is 2.41. The molecule has 0 aliphatic carbocycles. The minimum absolute atomic E-state index is 0.0464. The molecule has 1 aromatic carbocycles. The molecule has 8 heteroatoms. The van der Waals surface area contributed by atoms with Gasteiger partial charge in [-0.15, -0.1) is 0 Å². The first-order valence-corrected chi connectivity index (χ1v) is 9.04. The Labute approximate surface area is 168 Å². The zero-order valence-corrected chi connectivity index (χ0v) is 17.0. The second kappa shape index (κ2) is 7.80. The van der Waals surface area contributed by atoms with E-state index >= 15 is 0 Å². The molecule has 0 unspecified atom stereocenters. The number of rotatable bonds is 5. The van der Waals surface area contributed by atoms with Gasteiger partial charge in [0.1, 0.15) is 17.4 Å². The van der Waals surface area contributed by atoms with Crippen molar-refractivity contribution in [2.24, 2.45) is 5.73 Å². The number of ether oxygens (including phenoxy) is 4. The van der Waals surface area contributed by atoms with Crippen molar-refractivity contribution in [2.45, 2.75) is 26.3 Å². The number of methoxy groups -OCH3 is 3. The molecule has 1 aliphatic heterocycles. The normalized spacial score (nSPS) is 15.2. The van der Waals surface area contributed by atoms with Gasteiger partial charge in [0.25, 0.3) is 5.56 Å². The van der Waals surface area contributed by atoms with Crippen molar-refractivity contribution in [1.82, 2.24) is 4.57 Å². The molecule has 2 heterocycles. The molecule has 0 saturated carbocycles. The van der Waals surface area contributed by atoms with Crippen LogP contribution in [0, 0.1) is 18.3 Å². The predicted molar refractivity (Wildman–Crippen MR) is 107 cm³/mol. The van der Waals surface area contributed by atoms with Crippen LogP contribution in [0.5, 0.6) is 23.0 Å². The third-order valence-electron chi connectivity index (χ3n) is 5.05. The van der Waals surface area contributed by atoms with Crippen LogP contribution in [0.25, 0.3) is 0 Å². The molecule has 2 aromatic rings. The van der Waals surface area contributed by atoms with Gasteiger partial charge >= 0.3 is 0 Å². The van der Waals surface area contributed by atoms with Crippen molar-refractivity contribution in [1.29, 1.82) is 5.26 Å². The number of pyridine rings is 1. The van der Waals surface area contributed by atoms with Crippen molar-refractivity contribution < 1.29 is 18.9 Å². The molecule has 1 aliphatic rings. The molecule has 0 fully saturated rings. The molecule has 1 atom stereocenters. The molecule has 29 heavy (non-hydrogen) atoms. The Kier molecular flexibility index (Phi) is 5.41. The number of nitrogens with zero attached hydrogens (tertiary/aromatic N) is 2. The number of aromatic nitrogens is 1. The highest BCUT2D eigenvalue weighted by Crippen LogP contribution is 2.48. The summed E-state index contributed by atoms with van der Waals surface area (Å²) in [6.07, 6.45) is 0. The molecule has 0 spiro atoms. The number of nitrogens with two attached hydrogens (primary N) is 1. The lowest BCUT2D eigenvalue weighted by Gasteiger charge is -2.28. The summed E-state index contributed by atoms with van der Waals surface area (Å²) < 4.78 is 23.7. The molecule has 1 aromatic heterocycles. The van der Waals surface area contributed by atoms with Crippen LogP contribution in [-0.4, -0.2) is 25.9 Å². The SMILES string of the molecule is CCn1c(C)cc2c(c1=O)[C@@H](c1ccc(OC)c(OC)c1OC)C(C#N)=C(N)O2. The summed E-state index contributed by atoms with van der Waals surface area (Å²) in [7, 11) is 4.49. The van der Waals surface area contributed by atoms with E-state index in [1.807, 2.05) is 13.8 Å². The van der Waals surface area contributed by atoms with E-state index in [1.165, 1.54) is 21.3 Å². The van der Waals surface area contributed by atoms with Gasteiger partial charge < -0.3 is 29.2 Å². The fraction of sp³-hybridized carbons (Fsp3) is 0.333. The average Bonchev–Trinajstić information content (AvgIpc) is 2.71. The van der Waals surface area contributed by atoms with Gasteiger partial charge in [-0.3, -0.25) is 4.79 Å². The van der Waals surface area contributed by atoms with Crippen molar-refractivity contribution in [3.8, 4) is 29.1 Å². The Hall–Kier alpha value is -3.60. The molecule has 2 N–H and O–H groups in total. The minimum Gasteiger partial charge on any atom is -0.493 e. The standard InChI is InChI=1S/C21H23N3O5/c1-6-24-11(2)9-15-17(21(24)25)16(13(10-22)20(23)29-15)12-7-8-14(26-3)19(28-5)18(12)27-4/h7-9,16H,6,23H2,1-5H3/t16-/m0/s1. The van der Waals surface area contributed by atoms with Gasteiger partial charge in [-0.05, 0) is 19.9 Å². The number of nitriles is 1. The van der Waals surface area contributed by atoms with E-state index in [2.05, 4.69) is 6.07 Å². The number of allylic oxidation sites excluding steroid dienone is 1. The van der Waals surface area contributed by atoms with Crippen molar-refractivity contribution >= 4 is 0 Å². The quantitative estimate of drug-likeness (QED) is 0.825. The fourth-order valence-electron chi connectivity index (χ4n) is 3.74. The lowest BCUT2D eigenvalue weighted by Crippen LogP contribution is -2.32. The highest BCUT2D eigenvalue weighted by molar-refractivity contribution is 5.64. The number of fused-ring (bicyclic) bond motifs is 1. The largest absolute Gasteiger partial charge is 0.493 e. The van der Waals surface area contributed by atoms with E-state index in [1.54, 1.807) is 22.8 Å². The van der Waals surface area contributed by atoms with E-state index in [4.69, 9.17) is 24.7 Å². The van der Waals surface area contributed by atoms with Crippen molar-refractivity contribution in [3.05, 3.63) is 56.8 Å². The van der Waals surface area contributed by atoms with Crippen molar-refractivity contribution in [3.63, 3.8) is 0 Å². The maximum atomic E-state index is 13.3. The van der Waals surface area contributed by atoms with Crippen LogP contribution in [0.2, 0.25) is 0 Å². The zero-order chi connectivity index (χ0) is 21.3. The molecular weight excluding hydrogens is 374 g/mol. The smallest absolute Gasteiger partial charge is 0.258 e. The highest BCUT2D eigenvalue weighted by atomic mass is 16.5. The van der Waals surface area contributed by atoms with Crippen LogP contribution in [0.1, 0.15) is 29.7 Å². The lowest BCUT2D eigenvalue weighted by molar-refractivity contribution is 0.321. The van der Waals surface area contributed by atoms with Gasteiger partial charge in [-0.1, -0.05) is 6.07 Å². The molecule has 0 amide bonds. The first-order valence-electron chi connectivity index (χ1n) is 9.04. The fourth-order valence-corrected chi connectivity index (χ4v) is 3.74. The Morgan fingerprint density at radius 3 is 2.45 bits per heavy atom. The van der Waals surface area contributed by atoms with Gasteiger partial charge in [-0.25, -0.2) is 0 Å². The average molecular weight is 397 g/mol. The third-order valence-corrected chi connectivity index (χ3v) is 5.05. The molecule has 8 nitrogen and oxygen atoms in total. The molecule has 3 rings (SSSR count). The number of hydrogen-bond acceptors (Lipinski definition) is 7. The van der Waals surface area contributed by atoms with Gasteiger partial charge in [0, 0.05) is 23.9 Å². The van der Waals surface area contributed by atoms with E-state index in [0.29, 0.717) is 40.7 Å². The van der Waals surface area contributed by atoms with E-state index in [0.717, 1.165) is 5.69 Å². The lowest BCUT2D eigenvalue weighted by atomic mass is 9.83. The van der Waals surface area contributed by atoms with Crippen molar-refractivity contribution in [2.75, 3.05) is 21.3 Å². The Bertz CT molecular complexity index is 1090. The van der Waals surface area contributed by atoms with Gasteiger partial charge in [-0.2, -0.15) is 5.26 Å². The highest BCUT2D eigenvalue weighted by Gasteiger charge is 2.37. The summed E-state index contributed by atoms with van der Waals surface area (Å²) in [5, 5.41) is 9.81.